The number of nitrogens with one attached hydrogen (secondary N) is 3. The van der Waals surface area contributed by atoms with Gasteiger partial charge in [-0.15, -0.1) is 11.3 Å². The van der Waals surface area contributed by atoms with Crippen molar-refractivity contribution in [3.05, 3.63) is 11.1 Å². The molecule has 8 nitrogen and oxygen atoms in total. The minimum absolute atomic E-state index is 0.0120. The van der Waals surface area contributed by atoms with Gasteiger partial charge in [-0.1, -0.05) is 12.8 Å². The van der Waals surface area contributed by atoms with E-state index >= 15 is 0 Å². The number of rotatable bonds is 5. The first-order chi connectivity index (χ1) is 13.4. The Labute approximate surface area is 169 Å². The molecule has 154 valence electrons. The van der Waals surface area contributed by atoms with Crippen molar-refractivity contribution >= 4 is 34.3 Å². The Bertz CT molecular complexity index is 708. The van der Waals surface area contributed by atoms with Gasteiger partial charge in [0.15, 0.2) is 5.13 Å². The first-order valence-electron chi connectivity index (χ1n) is 10.0. The van der Waals surface area contributed by atoms with E-state index < -0.39 is 12.1 Å². The lowest BCUT2D eigenvalue weighted by Crippen LogP contribution is -2.53. The van der Waals surface area contributed by atoms with Gasteiger partial charge in [0.1, 0.15) is 0 Å². The van der Waals surface area contributed by atoms with E-state index in [1.54, 1.807) is 6.92 Å². The van der Waals surface area contributed by atoms with Crippen LogP contribution in [0.5, 0.6) is 0 Å². The average molecular weight is 408 g/mol. The minimum Gasteiger partial charge on any atom is -0.335 e. The number of nitrogens with zero attached hydrogens (tertiary/aromatic N) is 2. The third-order valence-electron chi connectivity index (χ3n) is 5.60. The van der Waals surface area contributed by atoms with Crippen molar-refractivity contribution in [2.45, 2.75) is 64.5 Å². The van der Waals surface area contributed by atoms with Crippen LogP contribution in [0.4, 0.5) is 9.93 Å². The maximum Gasteiger partial charge on any atom is 0.321 e. The number of carbonyl (C=O) groups excluding carboxylic acids is 3. The molecule has 9 heteroatoms. The fourth-order valence-electron chi connectivity index (χ4n) is 3.84. The summed E-state index contributed by atoms with van der Waals surface area (Å²) in [6, 6.07) is -0.629. The van der Waals surface area contributed by atoms with Gasteiger partial charge in [-0.2, -0.15) is 0 Å². The van der Waals surface area contributed by atoms with Gasteiger partial charge in [0.25, 0.3) is 0 Å². The maximum absolute atomic E-state index is 12.4. The highest BCUT2D eigenvalue weighted by atomic mass is 32.1. The average Bonchev–Trinajstić information content (AvgIpc) is 3.32. The lowest BCUT2D eigenvalue weighted by Gasteiger charge is -2.34. The maximum atomic E-state index is 12.4. The van der Waals surface area contributed by atoms with Gasteiger partial charge in [0.2, 0.25) is 11.8 Å². The molecular formula is C19H29N5O3S. The second-order valence-electron chi connectivity index (χ2n) is 7.71. The number of hydrogen-bond donors (Lipinski definition) is 3. The van der Waals surface area contributed by atoms with Crippen molar-refractivity contribution in [1.29, 1.82) is 0 Å². The SMILES string of the molecule is Cc1csc(NC(=O)C2CCN(C(C)C(=O)NC(=O)NC3CCCC3)CC2)n1. The van der Waals surface area contributed by atoms with E-state index in [1.807, 2.05) is 17.2 Å². The Morgan fingerprint density at radius 1 is 1.18 bits per heavy atom. The summed E-state index contributed by atoms with van der Waals surface area (Å²) >= 11 is 1.42. The molecule has 1 atom stereocenters. The van der Waals surface area contributed by atoms with Crippen molar-refractivity contribution in [2.24, 2.45) is 5.92 Å². The summed E-state index contributed by atoms with van der Waals surface area (Å²) in [6.45, 7) is 4.99. The van der Waals surface area contributed by atoms with Crippen molar-refractivity contribution in [3.63, 3.8) is 0 Å². The summed E-state index contributed by atoms with van der Waals surface area (Å²) in [5.41, 5.74) is 0.895. The molecule has 3 rings (SSSR count). The minimum atomic E-state index is -0.406. The van der Waals surface area contributed by atoms with Crippen LogP contribution >= 0.6 is 11.3 Å². The monoisotopic (exact) mass is 407 g/mol. The molecule has 0 radical (unpaired) electrons. The third kappa shape index (κ3) is 5.51. The number of aromatic nitrogens is 1. The zero-order valence-corrected chi connectivity index (χ0v) is 17.3. The molecule has 1 aliphatic carbocycles. The molecule has 1 aromatic heterocycles. The molecular weight excluding hydrogens is 378 g/mol. The molecule has 2 aliphatic rings. The van der Waals surface area contributed by atoms with E-state index in [0.717, 1.165) is 31.4 Å². The fraction of sp³-hybridized carbons (Fsp3) is 0.684. The number of imide groups is 1. The number of likely N-dealkylation sites (tertiary alicyclic amines) is 1. The zero-order chi connectivity index (χ0) is 20.1. The standard InChI is InChI=1S/C19H29N5O3S/c1-12-11-28-19(20-12)23-17(26)14-7-9-24(10-8-14)13(2)16(25)22-18(27)21-15-5-3-4-6-15/h11,13-15H,3-10H2,1-2H3,(H,20,23,26)(H2,21,22,25,27). The molecule has 2 fully saturated rings. The Kier molecular flexibility index (Phi) is 7.01. The molecule has 2 heterocycles. The largest absolute Gasteiger partial charge is 0.335 e. The lowest BCUT2D eigenvalue weighted by atomic mass is 9.95. The second kappa shape index (κ2) is 9.47. The van der Waals surface area contributed by atoms with Crippen molar-refractivity contribution in [3.8, 4) is 0 Å². The normalized spacial score (nSPS) is 19.9. The Balaban J connectivity index is 1.41. The molecule has 1 aromatic rings. The topological polar surface area (TPSA) is 103 Å². The number of urea groups is 1. The lowest BCUT2D eigenvalue weighted by molar-refractivity contribution is -0.126. The molecule has 0 aromatic carbocycles. The molecule has 0 bridgehead atoms. The van der Waals surface area contributed by atoms with Gasteiger partial charge >= 0.3 is 6.03 Å². The van der Waals surface area contributed by atoms with Crippen LogP contribution in [0, 0.1) is 12.8 Å². The van der Waals surface area contributed by atoms with Crippen LogP contribution in [0.1, 0.15) is 51.1 Å². The summed E-state index contributed by atoms with van der Waals surface area (Å²) in [5, 5.41) is 10.7. The first kappa shape index (κ1) is 20.7. The third-order valence-corrected chi connectivity index (χ3v) is 6.48. The molecule has 4 amide bonds. The van der Waals surface area contributed by atoms with Crippen LogP contribution in [0.2, 0.25) is 0 Å². The van der Waals surface area contributed by atoms with Gasteiger partial charge in [0.05, 0.1) is 11.7 Å². The van der Waals surface area contributed by atoms with Crippen LogP contribution in [0.25, 0.3) is 0 Å². The van der Waals surface area contributed by atoms with Gasteiger partial charge in [-0.25, -0.2) is 9.78 Å². The molecule has 1 saturated carbocycles. The van der Waals surface area contributed by atoms with Crippen molar-refractivity contribution in [2.75, 3.05) is 18.4 Å². The summed E-state index contributed by atoms with van der Waals surface area (Å²) in [6.07, 6.45) is 5.57. The van der Waals surface area contributed by atoms with Crippen molar-refractivity contribution in [1.82, 2.24) is 20.5 Å². The number of carbonyl (C=O) groups is 3. The fourth-order valence-corrected chi connectivity index (χ4v) is 4.53. The highest BCUT2D eigenvalue weighted by molar-refractivity contribution is 7.13. The quantitative estimate of drug-likeness (QED) is 0.695. The van der Waals surface area contributed by atoms with Crippen molar-refractivity contribution < 1.29 is 14.4 Å². The number of piperidine rings is 1. The van der Waals surface area contributed by atoms with Gasteiger partial charge < -0.3 is 10.6 Å². The van der Waals surface area contributed by atoms with E-state index in [-0.39, 0.29) is 23.8 Å². The number of anilines is 1. The Morgan fingerprint density at radius 2 is 1.86 bits per heavy atom. The van der Waals surface area contributed by atoms with Crippen LogP contribution < -0.4 is 16.0 Å². The Hall–Kier alpha value is -2.00. The van der Waals surface area contributed by atoms with E-state index in [9.17, 15) is 14.4 Å². The number of hydrogen-bond acceptors (Lipinski definition) is 6. The van der Waals surface area contributed by atoms with E-state index in [2.05, 4.69) is 20.9 Å². The van der Waals surface area contributed by atoms with E-state index in [4.69, 9.17) is 0 Å². The van der Waals surface area contributed by atoms with Gasteiger partial charge in [-0.05, 0) is 52.6 Å². The summed E-state index contributed by atoms with van der Waals surface area (Å²) < 4.78 is 0. The molecule has 1 aliphatic heterocycles. The zero-order valence-electron chi connectivity index (χ0n) is 16.5. The van der Waals surface area contributed by atoms with Crippen LogP contribution in [0.15, 0.2) is 5.38 Å². The van der Waals surface area contributed by atoms with Gasteiger partial charge in [-0.3, -0.25) is 19.8 Å². The molecule has 0 spiro atoms. The summed E-state index contributed by atoms with van der Waals surface area (Å²) in [7, 11) is 0. The molecule has 3 N–H and O–H groups in total. The molecule has 1 unspecified atom stereocenters. The predicted octanol–water partition coefficient (Wildman–Crippen LogP) is 2.26. The number of thiazole rings is 1. The first-order valence-corrected chi connectivity index (χ1v) is 10.9. The summed E-state index contributed by atoms with van der Waals surface area (Å²) in [4.78, 5) is 43.1. The van der Waals surface area contributed by atoms with Crippen LogP contribution in [0.3, 0.4) is 0 Å². The predicted molar refractivity (Wildman–Crippen MR) is 108 cm³/mol. The molecule has 1 saturated heterocycles. The summed E-state index contributed by atoms with van der Waals surface area (Å²) in [5.74, 6) is -0.389. The van der Waals surface area contributed by atoms with E-state index in [0.29, 0.717) is 31.1 Å². The van der Waals surface area contributed by atoms with Crippen LogP contribution in [-0.2, 0) is 9.59 Å². The second-order valence-corrected chi connectivity index (χ2v) is 8.57. The highest BCUT2D eigenvalue weighted by Crippen LogP contribution is 2.22. The van der Waals surface area contributed by atoms with E-state index in [1.165, 1.54) is 11.3 Å². The van der Waals surface area contributed by atoms with Gasteiger partial charge in [0, 0.05) is 17.3 Å². The van der Waals surface area contributed by atoms with Crippen LogP contribution in [-0.4, -0.2) is 52.9 Å². The number of amides is 4. The molecule has 28 heavy (non-hydrogen) atoms. The Morgan fingerprint density at radius 3 is 2.46 bits per heavy atom. The highest BCUT2D eigenvalue weighted by Gasteiger charge is 2.31. The number of aryl methyl sites for hydroxylation is 1. The smallest absolute Gasteiger partial charge is 0.321 e.